The molecule has 7 rings (SSSR count). The van der Waals surface area contributed by atoms with Crippen LogP contribution in [0, 0.1) is 6.92 Å². The van der Waals surface area contributed by atoms with E-state index in [0.717, 1.165) is 92.1 Å². The van der Waals surface area contributed by atoms with Gasteiger partial charge in [0.25, 0.3) is 0 Å². The first-order chi connectivity index (χ1) is 18.9. The first-order valence-electron chi connectivity index (χ1n) is 14.0. The molecule has 206 valence electrons. The van der Waals surface area contributed by atoms with Gasteiger partial charge in [0.1, 0.15) is 11.6 Å². The Balaban J connectivity index is 1.22. The lowest BCUT2D eigenvalue weighted by molar-refractivity contribution is -0.116. The average Bonchev–Trinajstić information content (AvgIpc) is 3.40. The van der Waals surface area contributed by atoms with Gasteiger partial charge in [-0.25, -0.2) is 9.97 Å². The molecule has 3 aliphatic rings. The number of anilines is 1. The summed E-state index contributed by atoms with van der Waals surface area (Å²) in [5.41, 5.74) is 3.57. The van der Waals surface area contributed by atoms with Crippen LogP contribution >= 0.6 is 0 Å². The van der Waals surface area contributed by atoms with Crippen LogP contribution in [0.4, 0.5) is 5.82 Å². The minimum Gasteiger partial charge on any atom is -0.378 e. The first-order valence-corrected chi connectivity index (χ1v) is 14.0. The van der Waals surface area contributed by atoms with Crippen molar-refractivity contribution in [2.24, 2.45) is 7.05 Å². The topological polar surface area (TPSA) is 89.6 Å². The maximum atomic E-state index is 5.92. The van der Waals surface area contributed by atoms with E-state index in [1.54, 1.807) is 0 Å². The van der Waals surface area contributed by atoms with E-state index in [1.165, 1.54) is 0 Å². The third kappa shape index (κ3) is 4.47. The fourth-order valence-corrected chi connectivity index (χ4v) is 6.18. The van der Waals surface area contributed by atoms with Crippen molar-refractivity contribution in [2.75, 3.05) is 64.0 Å². The molecule has 0 radical (unpaired) electrons. The summed E-state index contributed by atoms with van der Waals surface area (Å²) in [6.07, 6.45) is 0. The van der Waals surface area contributed by atoms with Crippen LogP contribution in [0.5, 0.6) is 0 Å². The molecule has 0 unspecified atom stereocenters. The minimum atomic E-state index is -0.0682. The lowest BCUT2D eigenvalue weighted by atomic mass is 10.0. The third-order valence-electron chi connectivity index (χ3n) is 8.29. The van der Waals surface area contributed by atoms with Crippen molar-refractivity contribution < 1.29 is 9.47 Å². The molecule has 0 spiro atoms. The molecule has 0 bridgehead atoms. The number of hydrogen-bond acceptors (Lipinski definition) is 9. The summed E-state index contributed by atoms with van der Waals surface area (Å²) < 4.78 is 15.8. The number of nitrogens with zero attached hydrogens (tertiary/aromatic N) is 9. The normalized spacial score (nSPS) is 21.2. The van der Waals surface area contributed by atoms with Crippen molar-refractivity contribution in [1.82, 2.24) is 38.9 Å². The van der Waals surface area contributed by atoms with E-state index < -0.39 is 0 Å². The molecule has 11 nitrogen and oxygen atoms in total. The molecule has 3 fully saturated rings. The highest BCUT2D eigenvalue weighted by molar-refractivity contribution is 5.86. The van der Waals surface area contributed by atoms with Crippen LogP contribution in [0.25, 0.3) is 28.1 Å². The fourth-order valence-electron chi connectivity index (χ4n) is 6.18. The smallest absolute Gasteiger partial charge is 0.239 e. The first kappa shape index (κ1) is 24.9. The number of aromatic nitrogens is 6. The van der Waals surface area contributed by atoms with Crippen molar-refractivity contribution in [3.63, 3.8) is 0 Å². The molecule has 11 heteroatoms. The molecule has 0 amide bonds. The lowest BCUT2D eigenvalue weighted by Gasteiger charge is -2.49. The van der Waals surface area contributed by atoms with Crippen LogP contribution in [0.15, 0.2) is 24.3 Å². The van der Waals surface area contributed by atoms with Gasteiger partial charge in [0.2, 0.25) is 5.95 Å². The Morgan fingerprint density at radius 1 is 0.974 bits per heavy atom. The van der Waals surface area contributed by atoms with Crippen molar-refractivity contribution >= 4 is 28.0 Å². The molecule has 39 heavy (non-hydrogen) atoms. The van der Waals surface area contributed by atoms with Gasteiger partial charge in [-0.15, -0.1) is 0 Å². The van der Waals surface area contributed by atoms with Gasteiger partial charge in [-0.3, -0.25) is 14.4 Å². The number of benzene rings is 1. The molecule has 4 aromatic rings. The second-order valence-corrected chi connectivity index (χ2v) is 11.6. The number of hydrogen-bond donors (Lipinski definition) is 0. The minimum absolute atomic E-state index is 0.0682. The molecule has 6 heterocycles. The number of imidazole rings is 2. The second kappa shape index (κ2) is 9.51. The molecule has 0 N–H and O–H groups in total. The number of morpholine rings is 2. The number of rotatable bonds is 5. The Hall–Kier alpha value is -3.12. The highest BCUT2D eigenvalue weighted by Crippen LogP contribution is 2.30. The number of fused-ring (bicyclic) bond motifs is 2. The van der Waals surface area contributed by atoms with Gasteiger partial charge in [0.15, 0.2) is 17.0 Å². The van der Waals surface area contributed by atoms with Gasteiger partial charge in [0.05, 0.1) is 43.0 Å². The van der Waals surface area contributed by atoms with Crippen molar-refractivity contribution in [1.29, 1.82) is 0 Å². The molecular weight excluding hydrogens is 494 g/mol. The van der Waals surface area contributed by atoms with E-state index in [1.807, 2.05) is 25.1 Å². The quantitative estimate of drug-likeness (QED) is 0.384. The zero-order valence-electron chi connectivity index (χ0n) is 23.3. The molecule has 0 saturated carbocycles. The van der Waals surface area contributed by atoms with Crippen molar-refractivity contribution in [3.05, 3.63) is 35.9 Å². The van der Waals surface area contributed by atoms with Crippen LogP contribution in [0.3, 0.4) is 0 Å². The maximum absolute atomic E-state index is 5.92. The molecule has 3 aromatic heterocycles. The van der Waals surface area contributed by atoms with Gasteiger partial charge in [-0.2, -0.15) is 9.97 Å². The van der Waals surface area contributed by atoms with E-state index in [4.69, 9.17) is 29.4 Å². The highest BCUT2D eigenvalue weighted by atomic mass is 16.5. The van der Waals surface area contributed by atoms with E-state index in [2.05, 4.69) is 50.8 Å². The van der Waals surface area contributed by atoms with Crippen LogP contribution in [-0.2, 0) is 23.1 Å². The van der Waals surface area contributed by atoms with Crippen molar-refractivity contribution in [2.45, 2.75) is 39.0 Å². The zero-order valence-corrected chi connectivity index (χ0v) is 23.3. The monoisotopic (exact) mass is 531 g/mol. The number of para-hydroxylation sites is 2. The predicted octanol–water partition coefficient (Wildman–Crippen LogP) is 2.14. The predicted molar refractivity (Wildman–Crippen MR) is 149 cm³/mol. The van der Waals surface area contributed by atoms with E-state index in [-0.39, 0.29) is 5.60 Å². The summed E-state index contributed by atoms with van der Waals surface area (Å²) in [7, 11) is 2.07. The Morgan fingerprint density at radius 2 is 1.77 bits per heavy atom. The summed E-state index contributed by atoms with van der Waals surface area (Å²) in [4.78, 5) is 27.4. The zero-order chi connectivity index (χ0) is 26.7. The van der Waals surface area contributed by atoms with Gasteiger partial charge in [-0.05, 0) is 32.9 Å². The lowest BCUT2D eigenvalue weighted by Crippen LogP contribution is -2.63. The van der Waals surface area contributed by atoms with Gasteiger partial charge in [-0.1, -0.05) is 12.1 Å². The Morgan fingerprint density at radius 3 is 2.56 bits per heavy atom. The SMILES string of the molecule is Cc1nc2ccccc2n1-c1nc(N2CCOCC2)c2nc(CN3CC(N4CCOC(C)(C)C4)C3)n(C)c2n1. The molecule has 1 aromatic carbocycles. The third-order valence-corrected chi connectivity index (χ3v) is 8.29. The number of ether oxygens (including phenoxy) is 2. The Labute approximate surface area is 228 Å². The van der Waals surface area contributed by atoms with Crippen LogP contribution < -0.4 is 4.90 Å². The van der Waals surface area contributed by atoms with E-state index in [0.29, 0.717) is 25.2 Å². The maximum Gasteiger partial charge on any atom is 0.239 e. The average molecular weight is 532 g/mol. The molecule has 3 aliphatic heterocycles. The summed E-state index contributed by atoms with van der Waals surface area (Å²) in [6.45, 7) is 15.0. The van der Waals surface area contributed by atoms with Gasteiger partial charge >= 0.3 is 0 Å². The highest BCUT2D eigenvalue weighted by Gasteiger charge is 2.37. The fraction of sp³-hybridized carbons (Fsp3) is 0.571. The summed E-state index contributed by atoms with van der Waals surface area (Å²) >= 11 is 0. The van der Waals surface area contributed by atoms with E-state index in [9.17, 15) is 0 Å². The van der Waals surface area contributed by atoms with Gasteiger partial charge in [0, 0.05) is 52.4 Å². The molecule has 3 saturated heterocycles. The summed E-state index contributed by atoms with van der Waals surface area (Å²) in [5, 5.41) is 0. The van der Waals surface area contributed by atoms with Crippen LogP contribution in [0.2, 0.25) is 0 Å². The Kier molecular flexibility index (Phi) is 6.07. The van der Waals surface area contributed by atoms with E-state index >= 15 is 0 Å². The van der Waals surface area contributed by atoms with Crippen LogP contribution in [-0.4, -0.2) is 110 Å². The number of likely N-dealkylation sites (tertiary alicyclic amines) is 1. The summed E-state index contributed by atoms with van der Waals surface area (Å²) in [6, 6.07) is 8.72. The standard InChI is InChI=1S/C28H37N9O2/c1-19-29-21-7-5-6-8-22(21)37(19)27-31-25-24(26(32-27)35-9-12-38-13-10-35)30-23(33(25)4)17-34-15-20(16-34)36-11-14-39-28(2,3)18-36/h5-8,20H,9-18H2,1-4H3. The summed E-state index contributed by atoms with van der Waals surface area (Å²) in [5.74, 6) is 3.38. The van der Waals surface area contributed by atoms with Gasteiger partial charge < -0.3 is 18.9 Å². The largest absolute Gasteiger partial charge is 0.378 e. The number of aryl methyl sites for hydroxylation is 2. The molecule has 0 atom stereocenters. The van der Waals surface area contributed by atoms with Crippen molar-refractivity contribution in [3.8, 4) is 5.95 Å². The second-order valence-electron chi connectivity index (χ2n) is 11.6. The molecule has 0 aliphatic carbocycles. The van der Waals surface area contributed by atoms with Crippen LogP contribution in [0.1, 0.15) is 25.5 Å². The molecular formula is C28H37N9O2. The Bertz CT molecular complexity index is 1510.